The minimum atomic E-state index is -3.72. The van der Waals surface area contributed by atoms with Crippen LogP contribution in [-0.4, -0.2) is 65.5 Å². The van der Waals surface area contributed by atoms with Gasteiger partial charge in [0.25, 0.3) is 5.91 Å². The number of amides is 1. The average molecular weight is 373 g/mol. The van der Waals surface area contributed by atoms with Gasteiger partial charge in [-0.25, -0.2) is 8.42 Å². The molecule has 2 saturated heterocycles. The van der Waals surface area contributed by atoms with Gasteiger partial charge in [-0.05, 0) is 31.0 Å². The van der Waals surface area contributed by atoms with Crippen molar-refractivity contribution in [3.63, 3.8) is 0 Å². The highest BCUT2D eigenvalue weighted by Gasteiger charge is 2.47. The number of nitrogens with zero attached hydrogens (tertiary/aromatic N) is 2. The van der Waals surface area contributed by atoms with E-state index in [1.807, 2.05) is 0 Å². The van der Waals surface area contributed by atoms with Crippen molar-refractivity contribution >= 4 is 33.5 Å². The Morgan fingerprint density at radius 2 is 1.96 bits per heavy atom. The van der Waals surface area contributed by atoms with E-state index in [4.69, 9.17) is 16.7 Å². The molecule has 2 aliphatic rings. The molecule has 3 rings (SSSR count). The van der Waals surface area contributed by atoms with Crippen molar-refractivity contribution in [2.75, 3.05) is 19.6 Å². The van der Waals surface area contributed by atoms with Crippen LogP contribution in [0, 0.1) is 0 Å². The fraction of sp³-hybridized carbons (Fsp3) is 0.467. The predicted molar refractivity (Wildman–Crippen MR) is 87.4 cm³/mol. The molecule has 130 valence electrons. The van der Waals surface area contributed by atoms with Crippen molar-refractivity contribution in [3.8, 4) is 0 Å². The lowest BCUT2D eigenvalue weighted by molar-refractivity contribution is -0.140. The number of rotatable bonds is 4. The molecule has 7 nitrogen and oxygen atoms in total. The topological polar surface area (TPSA) is 95.0 Å². The summed E-state index contributed by atoms with van der Waals surface area (Å²) in [5.41, 5.74) is 0.405. The van der Waals surface area contributed by atoms with Crippen LogP contribution in [0.15, 0.2) is 24.3 Å². The largest absolute Gasteiger partial charge is 0.480 e. The molecule has 0 saturated carbocycles. The van der Waals surface area contributed by atoms with Crippen molar-refractivity contribution < 1.29 is 23.1 Å². The van der Waals surface area contributed by atoms with Crippen molar-refractivity contribution in [1.29, 1.82) is 0 Å². The van der Waals surface area contributed by atoms with Gasteiger partial charge in [-0.1, -0.05) is 17.7 Å². The molecule has 2 heterocycles. The number of carboxylic acids is 1. The van der Waals surface area contributed by atoms with Crippen LogP contribution < -0.4 is 0 Å². The fourth-order valence-electron chi connectivity index (χ4n) is 3.08. The highest BCUT2D eigenvalue weighted by atomic mass is 35.5. The number of hydrogen-bond donors (Lipinski definition) is 1. The number of likely N-dealkylation sites (tertiary alicyclic amines) is 1. The maximum Gasteiger partial charge on any atom is 0.322 e. The molecule has 0 bridgehead atoms. The zero-order chi connectivity index (χ0) is 17.5. The molecule has 1 aromatic carbocycles. The highest BCUT2D eigenvalue weighted by molar-refractivity contribution is 7.89. The third-order valence-electron chi connectivity index (χ3n) is 4.44. The summed E-state index contributed by atoms with van der Waals surface area (Å²) in [7, 11) is -3.72. The number of halogens is 1. The summed E-state index contributed by atoms with van der Waals surface area (Å²) in [5.74, 6) is -1.40. The lowest BCUT2D eigenvalue weighted by atomic mass is 10.1. The monoisotopic (exact) mass is 372 g/mol. The molecule has 1 amide bonds. The fourth-order valence-corrected chi connectivity index (χ4v) is 5.32. The average Bonchev–Trinajstić information content (AvgIpc) is 2.95. The third-order valence-corrected chi connectivity index (χ3v) is 6.91. The molecule has 1 aromatic rings. The quantitative estimate of drug-likeness (QED) is 0.852. The van der Waals surface area contributed by atoms with Crippen molar-refractivity contribution in [2.24, 2.45) is 0 Å². The second-order valence-electron chi connectivity index (χ2n) is 5.99. The molecule has 0 spiro atoms. The Labute approximate surface area is 144 Å². The SMILES string of the molecule is O=C(O)[C@@H]1CCCN1S(=O)(=O)C1CN(C(=O)c2cccc(Cl)c2)C1. The number of carbonyl (C=O) groups excluding carboxylic acids is 1. The van der Waals surface area contributed by atoms with Gasteiger partial charge in [0, 0.05) is 30.2 Å². The maximum atomic E-state index is 12.6. The zero-order valence-electron chi connectivity index (χ0n) is 12.8. The van der Waals surface area contributed by atoms with Gasteiger partial charge in [0.1, 0.15) is 11.3 Å². The Morgan fingerprint density at radius 3 is 2.58 bits per heavy atom. The number of carbonyl (C=O) groups is 2. The molecule has 0 aromatic heterocycles. The minimum absolute atomic E-state index is 0.0660. The second-order valence-corrected chi connectivity index (χ2v) is 8.60. The first-order valence-corrected chi connectivity index (χ1v) is 9.47. The molecule has 2 aliphatic heterocycles. The molecule has 0 unspecified atom stereocenters. The molecule has 24 heavy (non-hydrogen) atoms. The molecular formula is C15H17ClN2O5S. The number of carboxylic acid groups (broad SMARTS) is 1. The summed E-state index contributed by atoms with van der Waals surface area (Å²) in [6, 6.07) is 5.48. The van der Waals surface area contributed by atoms with Crippen LogP contribution in [0.2, 0.25) is 5.02 Å². The van der Waals surface area contributed by atoms with Gasteiger partial charge in [-0.15, -0.1) is 0 Å². The van der Waals surface area contributed by atoms with Crippen LogP contribution in [0.1, 0.15) is 23.2 Å². The predicted octanol–water partition coefficient (Wildman–Crippen LogP) is 1.04. The van der Waals surface area contributed by atoms with Gasteiger partial charge in [-0.2, -0.15) is 4.31 Å². The lowest BCUT2D eigenvalue weighted by Crippen LogP contribution is -2.60. The van der Waals surface area contributed by atoms with E-state index in [1.54, 1.807) is 18.2 Å². The van der Waals surface area contributed by atoms with E-state index in [-0.39, 0.29) is 25.5 Å². The van der Waals surface area contributed by atoms with Crippen LogP contribution in [0.3, 0.4) is 0 Å². The zero-order valence-corrected chi connectivity index (χ0v) is 14.3. The minimum Gasteiger partial charge on any atom is -0.480 e. The first kappa shape index (κ1) is 17.2. The first-order chi connectivity index (χ1) is 11.3. The molecule has 0 aliphatic carbocycles. The maximum absolute atomic E-state index is 12.6. The van der Waals surface area contributed by atoms with E-state index in [9.17, 15) is 18.0 Å². The van der Waals surface area contributed by atoms with Crippen LogP contribution in [0.4, 0.5) is 0 Å². The van der Waals surface area contributed by atoms with Gasteiger partial charge in [0.15, 0.2) is 0 Å². The number of benzene rings is 1. The Bertz CT molecular complexity index is 776. The van der Waals surface area contributed by atoms with Gasteiger partial charge in [0.2, 0.25) is 10.0 Å². The molecule has 9 heteroatoms. The van der Waals surface area contributed by atoms with Crippen LogP contribution in [0.25, 0.3) is 0 Å². The van der Waals surface area contributed by atoms with E-state index in [2.05, 4.69) is 0 Å². The van der Waals surface area contributed by atoms with Crippen LogP contribution >= 0.6 is 11.6 Å². The first-order valence-electron chi connectivity index (χ1n) is 7.59. The summed E-state index contributed by atoms with van der Waals surface area (Å²) in [5, 5.41) is 8.84. The third kappa shape index (κ3) is 3.01. The van der Waals surface area contributed by atoms with E-state index in [0.29, 0.717) is 23.4 Å². The second kappa shape index (κ2) is 6.34. The van der Waals surface area contributed by atoms with Crippen LogP contribution in [0.5, 0.6) is 0 Å². The van der Waals surface area contributed by atoms with E-state index in [1.165, 1.54) is 11.0 Å². The van der Waals surface area contributed by atoms with E-state index < -0.39 is 27.3 Å². The number of hydrogen-bond acceptors (Lipinski definition) is 4. The van der Waals surface area contributed by atoms with Gasteiger partial charge in [0.05, 0.1) is 0 Å². The van der Waals surface area contributed by atoms with Gasteiger partial charge < -0.3 is 10.0 Å². The summed E-state index contributed by atoms with van der Waals surface area (Å²) < 4.78 is 26.3. The van der Waals surface area contributed by atoms with Crippen molar-refractivity contribution in [3.05, 3.63) is 34.9 Å². The standard InChI is InChI=1S/C15H17ClN2O5S/c16-11-4-1-3-10(7-11)14(19)17-8-12(9-17)24(22,23)18-6-2-5-13(18)15(20)21/h1,3-4,7,12-13H,2,5-6,8-9H2,(H,20,21)/t13-/m0/s1. The van der Waals surface area contributed by atoms with Gasteiger partial charge >= 0.3 is 5.97 Å². The molecule has 1 atom stereocenters. The molecule has 2 fully saturated rings. The molecule has 0 radical (unpaired) electrons. The van der Waals surface area contributed by atoms with Crippen molar-refractivity contribution in [2.45, 2.75) is 24.1 Å². The smallest absolute Gasteiger partial charge is 0.322 e. The Hall–Kier alpha value is -1.64. The summed E-state index contributed by atoms with van der Waals surface area (Å²) in [4.78, 5) is 24.9. The normalized spacial score (nSPS) is 22.4. The van der Waals surface area contributed by atoms with Crippen LogP contribution in [-0.2, 0) is 14.8 Å². The van der Waals surface area contributed by atoms with Crippen molar-refractivity contribution in [1.82, 2.24) is 9.21 Å². The highest BCUT2D eigenvalue weighted by Crippen LogP contribution is 2.28. The molecular weight excluding hydrogens is 356 g/mol. The van der Waals surface area contributed by atoms with Gasteiger partial charge in [-0.3, -0.25) is 9.59 Å². The summed E-state index contributed by atoms with van der Waals surface area (Å²) in [6.45, 7) is 0.352. The summed E-state index contributed by atoms with van der Waals surface area (Å²) >= 11 is 5.86. The van der Waals surface area contributed by atoms with E-state index in [0.717, 1.165) is 4.31 Å². The Balaban J connectivity index is 1.67. The number of sulfonamides is 1. The Kier molecular flexibility index (Phi) is 4.54. The summed E-state index contributed by atoms with van der Waals surface area (Å²) in [6.07, 6.45) is 0.862. The molecule has 1 N–H and O–H groups in total. The van der Waals surface area contributed by atoms with E-state index >= 15 is 0 Å². The Morgan fingerprint density at radius 1 is 1.25 bits per heavy atom. The number of aliphatic carboxylic acids is 1. The lowest BCUT2D eigenvalue weighted by Gasteiger charge is -2.40.